The van der Waals surface area contributed by atoms with E-state index in [9.17, 15) is 4.79 Å². The minimum Gasteiger partial charge on any atom is -0.353 e. The topological polar surface area (TPSA) is 42.0 Å². The van der Waals surface area contributed by atoms with Gasteiger partial charge in [0.05, 0.1) is 6.42 Å². The van der Waals surface area contributed by atoms with Crippen LogP contribution in [-0.2, 0) is 11.2 Å². The predicted molar refractivity (Wildman–Crippen MR) is 83.8 cm³/mol. The number of nitrogens with one attached hydrogen (secondary N) is 1. The Morgan fingerprint density at radius 3 is 2.52 bits per heavy atom. The maximum Gasteiger partial charge on any atom is 0.224 e. The van der Waals surface area contributed by atoms with Gasteiger partial charge in [-0.1, -0.05) is 43.2 Å². The summed E-state index contributed by atoms with van der Waals surface area (Å²) in [5, 5.41) is 3.12. The first-order valence-corrected chi connectivity index (χ1v) is 7.60. The molecule has 2 aromatic rings. The van der Waals surface area contributed by atoms with Crippen molar-refractivity contribution >= 4 is 5.91 Å². The molecule has 1 amide bonds. The molecule has 0 spiro atoms. The number of rotatable bonds is 4. The number of hydrogen-bond donors (Lipinski definition) is 1. The zero-order valence-electron chi connectivity index (χ0n) is 12.1. The molecule has 0 unspecified atom stereocenters. The Kier molecular flexibility index (Phi) is 4.29. The lowest BCUT2D eigenvalue weighted by molar-refractivity contribution is -0.121. The molecule has 0 saturated heterocycles. The summed E-state index contributed by atoms with van der Waals surface area (Å²) >= 11 is 0. The first kappa shape index (κ1) is 13.8. The van der Waals surface area contributed by atoms with E-state index in [-0.39, 0.29) is 5.91 Å². The molecule has 1 saturated carbocycles. The van der Waals surface area contributed by atoms with Gasteiger partial charge in [0.2, 0.25) is 5.91 Å². The molecule has 0 radical (unpaired) electrons. The van der Waals surface area contributed by atoms with Gasteiger partial charge in [-0.15, -0.1) is 0 Å². The molecule has 0 aliphatic heterocycles. The van der Waals surface area contributed by atoms with Gasteiger partial charge in [0, 0.05) is 18.4 Å². The summed E-state index contributed by atoms with van der Waals surface area (Å²) < 4.78 is 0. The van der Waals surface area contributed by atoms with Crippen molar-refractivity contribution in [3.8, 4) is 11.1 Å². The fourth-order valence-electron chi connectivity index (χ4n) is 2.88. The van der Waals surface area contributed by atoms with Crippen LogP contribution in [0.15, 0.2) is 48.8 Å². The molecule has 3 heteroatoms. The predicted octanol–water partition coefficient (Wildman–Crippen LogP) is 3.35. The van der Waals surface area contributed by atoms with E-state index in [1.54, 1.807) is 6.20 Å². The highest BCUT2D eigenvalue weighted by Crippen LogP contribution is 2.19. The standard InChI is InChI=1S/C18H20N2O/c21-18(20-17-5-1-2-6-17)12-14-7-9-15(10-8-14)16-4-3-11-19-13-16/h3-4,7-11,13,17H,1-2,5-6,12H2,(H,20,21). The van der Waals surface area contributed by atoms with Gasteiger partial charge in [-0.2, -0.15) is 0 Å². The lowest BCUT2D eigenvalue weighted by Crippen LogP contribution is -2.33. The third-order valence-corrected chi connectivity index (χ3v) is 4.03. The highest BCUT2D eigenvalue weighted by Gasteiger charge is 2.16. The van der Waals surface area contributed by atoms with Crippen LogP contribution >= 0.6 is 0 Å². The van der Waals surface area contributed by atoms with Crippen LogP contribution in [0.25, 0.3) is 11.1 Å². The summed E-state index contributed by atoms with van der Waals surface area (Å²) in [7, 11) is 0. The lowest BCUT2D eigenvalue weighted by Gasteiger charge is -2.12. The van der Waals surface area contributed by atoms with E-state index < -0.39 is 0 Å². The molecule has 0 bridgehead atoms. The molecule has 0 atom stereocenters. The van der Waals surface area contributed by atoms with Gasteiger partial charge in [-0.3, -0.25) is 9.78 Å². The van der Waals surface area contributed by atoms with Crippen LogP contribution in [0.5, 0.6) is 0 Å². The molecule has 1 N–H and O–H groups in total. The summed E-state index contributed by atoms with van der Waals surface area (Å²) in [5.41, 5.74) is 3.28. The Hall–Kier alpha value is -2.16. The molecule has 1 fully saturated rings. The van der Waals surface area contributed by atoms with Gasteiger partial charge < -0.3 is 5.32 Å². The summed E-state index contributed by atoms with van der Waals surface area (Å²) in [6, 6.07) is 12.5. The molecule has 3 nitrogen and oxygen atoms in total. The van der Waals surface area contributed by atoms with Crippen molar-refractivity contribution in [2.75, 3.05) is 0 Å². The zero-order chi connectivity index (χ0) is 14.5. The van der Waals surface area contributed by atoms with Crippen molar-refractivity contribution < 1.29 is 4.79 Å². The number of nitrogens with zero attached hydrogens (tertiary/aromatic N) is 1. The van der Waals surface area contributed by atoms with Gasteiger partial charge in [-0.05, 0) is 35.6 Å². The Morgan fingerprint density at radius 1 is 1.10 bits per heavy atom. The Bertz CT molecular complexity index is 586. The van der Waals surface area contributed by atoms with E-state index in [0.29, 0.717) is 12.5 Å². The average Bonchev–Trinajstić information content (AvgIpc) is 3.02. The van der Waals surface area contributed by atoms with Gasteiger partial charge in [0.25, 0.3) is 0 Å². The lowest BCUT2D eigenvalue weighted by atomic mass is 10.0. The molecule has 1 aromatic heterocycles. The number of pyridine rings is 1. The highest BCUT2D eigenvalue weighted by atomic mass is 16.1. The fraction of sp³-hybridized carbons (Fsp3) is 0.333. The maximum absolute atomic E-state index is 12.0. The molecule has 1 aromatic carbocycles. The second-order valence-electron chi connectivity index (χ2n) is 5.66. The molecular formula is C18H20N2O. The minimum absolute atomic E-state index is 0.135. The van der Waals surface area contributed by atoms with Crippen LogP contribution in [0.3, 0.4) is 0 Å². The molecule has 1 aliphatic carbocycles. The van der Waals surface area contributed by atoms with E-state index in [2.05, 4.69) is 22.4 Å². The largest absolute Gasteiger partial charge is 0.353 e. The van der Waals surface area contributed by atoms with Crippen LogP contribution in [0.1, 0.15) is 31.2 Å². The summed E-state index contributed by atoms with van der Waals surface area (Å²) in [5.74, 6) is 0.135. The number of carbonyl (C=O) groups is 1. The summed E-state index contributed by atoms with van der Waals surface area (Å²) in [6.07, 6.45) is 8.82. The number of hydrogen-bond acceptors (Lipinski definition) is 2. The molecule has 108 valence electrons. The first-order chi connectivity index (χ1) is 10.3. The normalized spacial score (nSPS) is 15.0. The fourth-order valence-corrected chi connectivity index (χ4v) is 2.88. The van der Waals surface area contributed by atoms with Crippen LogP contribution in [-0.4, -0.2) is 16.9 Å². The zero-order valence-corrected chi connectivity index (χ0v) is 12.1. The van der Waals surface area contributed by atoms with Gasteiger partial charge in [0.15, 0.2) is 0 Å². The van der Waals surface area contributed by atoms with Gasteiger partial charge in [0.1, 0.15) is 0 Å². The van der Waals surface area contributed by atoms with Crippen molar-refractivity contribution in [2.45, 2.75) is 38.1 Å². The van der Waals surface area contributed by atoms with Crippen molar-refractivity contribution in [1.29, 1.82) is 0 Å². The number of benzene rings is 1. The maximum atomic E-state index is 12.0. The van der Waals surface area contributed by atoms with Crippen LogP contribution in [0.4, 0.5) is 0 Å². The van der Waals surface area contributed by atoms with E-state index in [1.807, 2.05) is 30.5 Å². The van der Waals surface area contributed by atoms with Gasteiger partial charge >= 0.3 is 0 Å². The molecule has 1 aliphatic rings. The molecule has 3 rings (SSSR count). The van der Waals surface area contributed by atoms with E-state index in [0.717, 1.165) is 29.5 Å². The quantitative estimate of drug-likeness (QED) is 0.933. The molecular weight excluding hydrogens is 260 g/mol. The Morgan fingerprint density at radius 2 is 1.86 bits per heavy atom. The van der Waals surface area contributed by atoms with Crippen molar-refractivity contribution in [3.05, 3.63) is 54.4 Å². The SMILES string of the molecule is O=C(Cc1ccc(-c2cccnc2)cc1)NC1CCCC1. The third kappa shape index (κ3) is 3.69. The summed E-state index contributed by atoms with van der Waals surface area (Å²) in [6.45, 7) is 0. The first-order valence-electron chi connectivity index (χ1n) is 7.60. The number of amides is 1. The number of carbonyl (C=O) groups excluding carboxylic acids is 1. The average molecular weight is 280 g/mol. The van der Waals surface area contributed by atoms with Crippen molar-refractivity contribution in [2.24, 2.45) is 0 Å². The summed E-state index contributed by atoms with van der Waals surface area (Å²) in [4.78, 5) is 16.1. The second kappa shape index (κ2) is 6.53. The van der Waals surface area contributed by atoms with Crippen LogP contribution in [0.2, 0.25) is 0 Å². The Balaban J connectivity index is 1.60. The minimum atomic E-state index is 0.135. The smallest absolute Gasteiger partial charge is 0.224 e. The van der Waals surface area contributed by atoms with E-state index >= 15 is 0 Å². The van der Waals surface area contributed by atoms with Crippen molar-refractivity contribution in [1.82, 2.24) is 10.3 Å². The second-order valence-corrected chi connectivity index (χ2v) is 5.66. The van der Waals surface area contributed by atoms with Crippen molar-refractivity contribution in [3.63, 3.8) is 0 Å². The molecule has 1 heterocycles. The van der Waals surface area contributed by atoms with Crippen LogP contribution in [0, 0.1) is 0 Å². The highest BCUT2D eigenvalue weighted by molar-refractivity contribution is 5.79. The Labute approximate surface area is 125 Å². The van der Waals surface area contributed by atoms with E-state index in [1.165, 1.54) is 12.8 Å². The third-order valence-electron chi connectivity index (χ3n) is 4.03. The van der Waals surface area contributed by atoms with Crippen LogP contribution < -0.4 is 5.32 Å². The van der Waals surface area contributed by atoms with E-state index in [4.69, 9.17) is 0 Å². The molecule has 21 heavy (non-hydrogen) atoms. The van der Waals surface area contributed by atoms with Gasteiger partial charge in [-0.25, -0.2) is 0 Å². The number of aromatic nitrogens is 1. The monoisotopic (exact) mass is 280 g/mol.